The van der Waals surface area contributed by atoms with E-state index < -0.39 is 17.3 Å². The standard InChI is InChI=1S/C40H45F3N4O3/c1-26-35(31-8-4-5-9-33(31)44-26)36-32(38(36,2)3)24-34(48)47(25-27-10-12-28(13-11-27)40(41,42)43)39(18-6-7-19-39)37(49)45-29-14-16-30(17-15-29)46-20-22-50-23-21-46/h4-5,8-17,32,36,44H,6-7,18-25H2,1-3H3,(H,45,49)/t32-,36-/m0/s1. The lowest BCUT2D eigenvalue weighted by molar-refractivity contribution is -0.146. The maximum Gasteiger partial charge on any atom is 0.416 e. The highest BCUT2D eigenvalue weighted by Crippen LogP contribution is 2.67. The van der Waals surface area contributed by atoms with Gasteiger partial charge in [-0.1, -0.05) is 57.0 Å². The van der Waals surface area contributed by atoms with E-state index in [9.17, 15) is 22.8 Å². The molecule has 3 aliphatic rings. The molecule has 7 rings (SSSR count). The van der Waals surface area contributed by atoms with E-state index in [-0.39, 0.29) is 42.0 Å². The van der Waals surface area contributed by atoms with Crippen molar-refractivity contribution in [1.29, 1.82) is 0 Å². The molecule has 0 unspecified atom stereocenters. The van der Waals surface area contributed by atoms with Gasteiger partial charge in [0.25, 0.3) is 0 Å². The summed E-state index contributed by atoms with van der Waals surface area (Å²) in [6.07, 6.45) is -1.73. The van der Waals surface area contributed by atoms with Crippen molar-refractivity contribution in [3.05, 3.63) is 95.2 Å². The predicted octanol–water partition coefficient (Wildman–Crippen LogP) is 8.44. The van der Waals surface area contributed by atoms with Gasteiger partial charge in [-0.3, -0.25) is 9.59 Å². The first-order valence-corrected chi connectivity index (χ1v) is 17.7. The molecule has 7 nitrogen and oxygen atoms in total. The predicted molar refractivity (Wildman–Crippen MR) is 189 cm³/mol. The van der Waals surface area contributed by atoms with Gasteiger partial charge in [0.05, 0.1) is 18.8 Å². The fourth-order valence-corrected chi connectivity index (χ4v) is 8.56. The Balaban J connectivity index is 1.17. The van der Waals surface area contributed by atoms with E-state index in [0.717, 1.165) is 60.3 Å². The van der Waals surface area contributed by atoms with Gasteiger partial charge in [-0.2, -0.15) is 13.2 Å². The number of alkyl halides is 3. The van der Waals surface area contributed by atoms with Crippen LogP contribution in [0.1, 0.15) is 74.3 Å². The van der Waals surface area contributed by atoms with Crippen LogP contribution in [0, 0.1) is 18.3 Å². The van der Waals surface area contributed by atoms with Crippen molar-refractivity contribution in [2.45, 2.75) is 77.1 Å². The SMILES string of the molecule is Cc1[nH]c2ccccc2c1[C@@H]1[C@H](CC(=O)N(Cc2ccc(C(F)(F)F)cc2)C2(C(=O)Nc3ccc(N4CCOCC4)cc3)CCCC2)C1(C)C. The van der Waals surface area contributed by atoms with Crippen molar-refractivity contribution in [1.82, 2.24) is 9.88 Å². The molecule has 2 aliphatic carbocycles. The molecule has 0 bridgehead atoms. The van der Waals surface area contributed by atoms with Crippen LogP contribution in [0.4, 0.5) is 24.5 Å². The molecular weight excluding hydrogens is 641 g/mol. The number of H-pyrrole nitrogens is 1. The van der Waals surface area contributed by atoms with Crippen molar-refractivity contribution >= 4 is 34.1 Å². The third kappa shape index (κ3) is 6.38. The summed E-state index contributed by atoms with van der Waals surface area (Å²) < 4.78 is 45.8. The Kier molecular flexibility index (Phi) is 8.95. The molecule has 10 heteroatoms. The molecule has 1 saturated heterocycles. The molecule has 2 amide bonds. The minimum absolute atomic E-state index is 0.0391. The second-order valence-corrected chi connectivity index (χ2v) is 14.8. The number of aromatic amines is 1. The van der Waals surface area contributed by atoms with Crippen molar-refractivity contribution in [2.75, 3.05) is 36.5 Å². The number of benzene rings is 3. The lowest BCUT2D eigenvalue weighted by atomic mass is 9.91. The van der Waals surface area contributed by atoms with Crippen LogP contribution in [0.2, 0.25) is 0 Å². The van der Waals surface area contributed by atoms with E-state index in [1.807, 2.05) is 36.4 Å². The Bertz CT molecular complexity index is 1850. The molecule has 2 N–H and O–H groups in total. The largest absolute Gasteiger partial charge is 0.416 e. The molecule has 0 radical (unpaired) electrons. The first kappa shape index (κ1) is 34.2. The third-order valence-corrected chi connectivity index (χ3v) is 11.5. The topological polar surface area (TPSA) is 77.7 Å². The maximum absolute atomic E-state index is 14.7. The summed E-state index contributed by atoms with van der Waals surface area (Å²) in [6, 6.07) is 20.9. The van der Waals surface area contributed by atoms with Gasteiger partial charge in [0, 0.05) is 54.0 Å². The van der Waals surface area contributed by atoms with Crippen LogP contribution in [0.5, 0.6) is 0 Å². The number of hydrogen-bond acceptors (Lipinski definition) is 4. The van der Waals surface area contributed by atoms with Gasteiger partial charge in [0.1, 0.15) is 5.54 Å². The Morgan fingerprint density at radius 2 is 1.62 bits per heavy atom. The van der Waals surface area contributed by atoms with E-state index in [4.69, 9.17) is 4.74 Å². The Hall–Kier alpha value is -4.31. The normalized spacial score (nSPS) is 21.3. The molecule has 4 aromatic rings. The summed E-state index contributed by atoms with van der Waals surface area (Å²) >= 11 is 0. The van der Waals surface area contributed by atoms with Crippen molar-refractivity contribution in [2.24, 2.45) is 11.3 Å². The van der Waals surface area contributed by atoms with Crippen molar-refractivity contribution in [3.63, 3.8) is 0 Å². The van der Waals surface area contributed by atoms with Crippen LogP contribution in [0.25, 0.3) is 10.9 Å². The highest BCUT2D eigenvalue weighted by molar-refractivity contribution is 6.01. The molecule has 3 aromatic carbocycles. The van der Waals surface area contributed by atoms with Crippen LogP contribution >= 0.6 is 0 Å². The maximum atomic E-state index is 14.7. The molecule has 2 saturated carbocycles. The summed E-state index contributed by atoms with van der Waals surface area (Å²) in [5.41, 5.74) is 3.59. The minimum Gasteiger partial charge on any atom is -0.378 e. The first-order chi connectivity index (χ1) is 23.9. The number of aromatic nitrogens is 1. The fourth-order valence-electron chi connectivity index (χ4n) is 8.56. The van der Waals surface area contributed by atoms with E-state index in [0.29, 0.717) is 37.3 Å². The first-order valence-electron chi connectivity index (χ1n) is 17.7. The number of carbonyl (C=O) groups excluding carboxylic acids is 2. The molecule has 50 heavy (non-hydrogen) atoms. The number of halogens is 3. The highest BCUT2D eigenvalue weighted by Gasteiger charge is 2.61. The van der Waals surface area contributed by atoms with Gasteiger partial charge in [-0.05, 0) is 90.6 Å². The lowest BCUT2D eigenvalue weighted by Gasteiger charge is -2.40. The number of ether oxygens (including phenoxy) is 1. The number of aryl methyl sites for hydroxylation is 1. The fraction of sp³-hybridized carbons (Fsp3) is 0.450. The number of nitrogens with zero attached hydrogens (tertiary/aromatic N) is 2. The van der Waals surface area contributed by atoms with Gasteiger partial charge >= 0.3 is 6.18 Å². The van der Waals surface area contributed by atoms with Crippen molar-refractivity contribution < 1.29 is 27.5 Å². The number of amides is 2. The van der Waals surface area contributed by atoms with Gasteiger partial charge in [0.2, 0.25) is 11.8 Å². The summed E-state index contributed by atoms with van der Waals surface area (Å²) in [5.74, 6) is -0.220. The number of para-hydroxylation sites is 1. The zero-order valence-electron chi connectivity index (χ0n) is 28.9. The molecule has 264 valence electrons. The summed E-state index contributed by atoms with van der Waals surface area (Å²) in [6.45, 7) is 9.44. The average Bonchev–Trinajstić information content (AvgIpc) is 3.44. The molecule has 3 fully saturated rings. The van der Waals surface area contributed by atoms with E-state index >= 15 is 0 Å². The van der Waals surface area contributed by atoms with Gasteiger partial charge < -0.3 is 24.8 Å². The summed E-state index contributed by atoms with van der Waals surface area (Å²) in [5, 5.41) is 4.28. The molecular formula is C40H45F3N4O3. The molecule has 2 atom stereocenters. The molecule has 0 spiro atoms. The van der Waals surface area contributed by atoms with Gasteiger partial charge in [-0.15, -0.1) is 0 Å². The third-order valence-electron chi connectivity index (χ3n) is 11.5. The highest BCUT2D eigenvalue weighted by atomic mass is 19.4. The van der Waals surface area contributed by atoms with Crippen LogP contribution in [0.3, 0.4) is 0 Å². The van der Waals surface area contributed by atoms with Crippen LogP contribution in [-0.2, 0) is 27.0 Å². The van der Waals surface area contributed by atoms with E-state index in [1.165, 1.54) is 17.7 Å². The van der Waals surface area contributed by atoms with Crippen LogP contribution < -0.4 is 10.2 Å². The Morgan fingerprint density at radius 1 is 0.960 bits per heavy atom. The van der Waals surface area contributed by atoms with Crippen molar-refractivity contribution in [3.8, 4) is 0 Å². The number of hydrogen-bond donors (Lipinski definition) is 2. The zero-order chi connectivity index (χ0) is 35.3. The quantitative estimate of drug-likeness (QED) is 0.185. The van der Waals surface area contributed by atoms with E-state index in [1.54, 1.807) is 4.90 Å². The number of nitrogens with one attached hydrogen (secondary N) is 2. The lowest BCUT2D eigenvalue weighted by Crippen LogP contribution is -2.57. The summed E-state index contributed by atoms with van der Waals surface area (Å²) in [7, 11) is 0. The smallest absolute Gasteiger partial charge is 0.378 e. The molecule has 1 aliphatic heterocycles. The minimum atomic E-state index is -4.47. The Morgan fingerprint density at radius 3 is 2.28 bits per heavy atom. The van der Waals surface area contributed by atoms with Gasteiger partial charge in [0.15, 0.2) is 0 Å². The zero-order valence-corrected chi connectivity index (χ0v) is 28.9. The molecule has 1 aromatic heterocycles. The molecule has 2 heterocycles. The monoisotopic (exact) mass is 686 g/mol. The number of rotatable bonds is 9. The number of morpholine rings is 1. The average molecular weight is 687 g/mol. The van der Waals surface area contributed by atoms with Crippen LogP contribution in [0.15, 0.2) is 72.8 Å². The number of carbonyl (C=O) groups is 2. The summed E-state index contributed by atoms with van der Waals surface area (Å²) in [4.78, 5) is 36.5. The van der Waals surface area contributed by atoms with Gasteiger partial charge in [-0.25, -0.2) is 0 Å². The Labute approximate surface area is 291 Å². The van der Waals surface area contributed by atoms with E-state index in [2.05, 4.69) is 48.1 Å². The van der Waals surface area contributed by atoms with Crippen LogP contribution in [-0.4, -0.2) is 53.5 Å². The number of anilines is 2. The second kappa shape index (κ2) is 13.1. The number of fused-ring (bicyclic) bond motifs is 1. The second-order valence-electron chi connectivity index (χ2n) is 14.8.